The van der Waals surface area contributed by atoms with E-state index in [4.69, 9.17) is 9.47 Å². The minimum absolute atomic E-state index is 0.136. The number of esters is 1. The zero-order chi connectivity index (χ0) is 19.9. The molecular formula is C23H27NO4. The third-order valence-corrected chi connectivity index (χ3v) is 5.06. The molecule has 0 heterocycles. The van der Waals surface area contributed by atoms with Gasteiger partial charge in [-0.1, -0.05) is 30.3 Å². The Bertz CT molecular complexity index is 846. The van der Waals surface area contributed by atoms with E-state index < -0.39 is 5.97 Å². The maximum atomic E-state index is 12.2. The number of carbonyl (C=O) groups excluding carboxylic acids is 2. The lowest BCUT2D eigenvalue weighted by atomic mass is 9.89. The van der Waals surface area contributed by atoms with Crippen LogP contribution in [0.5, 0.6) is 0 Å². The van der Waals surface area contributed by atoms with E-state index in [0.717, 1.165) is 24.0 Å². The van der Waals surface area contributed by atoms with Crippen molar-refractivity contribution in [2.24, 2.45) is 0 Å². The molecule has 0 saturated heterocycles. The lowest BCUT2D eigenvalue weighted by molar-refractivity contribution is -0.124. The summed E-state index contributed by atoms with van der Waals surface area (Å²) < 4.78 is 10.2. The van der Waals surface area contributed by atoms with Crippen LogP contribution in [0.25, 0.3) is 0 Å². The van der Waals surface area contributed by atoms with Gasteiger partial charge in [0.15, 0.2) is 6.61 Å². The van der Waals surface area contributed by atoms with Gasteiger partial charge in [0.1, 0.15) is 0 Å². The van der Waals surface area contributed by atoms with Gasteiger partial charge in [0, 0.05) is 7.11 Å². The molecule has 28 heavy (non-hydrogen) atoms. The number of benzene rings is 2. The van der Waals surface area contributed by atoms with Crippen molar-refractivity contribution in [1.29, 1.82) is 0 Å². The number of methoxy groups -OCH3 is 1. The van der Waals surface area contributed by atoms with Crippen molar-refractivity contribution in [3.63, 3.8) is 0 Å². The Morgan fingerprint density at radius 1 is 1.07 bits per heavy atom. The second kappa shape index (κ2) is 9.51. The summed E-state index contributed by atoms with van der Waals surface area (Å²) in [7, 11) is 1.60. The minimum atomic E-state index is -0.519. The second-order valence-electron chi connectivity index (χ2n) is 7.23. The number of carbonyl (C=O) groups is 2. The normalized spacial score (nSPS) is 14.1. The smallest absolute Gasteiger partial charge is 0.338 e. The van der Waals surface area contributed by atoms with Gasteiger partial charge in [0.25, 0.3) is 5.91 Å². The summed E-state index contributed by atoms with van der Waals surface area (Å²) >= 11 is 0. The summed E-state index contributed by atoms with van der Waals surface area (Å²) in [4.78, 5) is 24.4. The number of amides is 1. The SMILES string of the molecule is COCc1cccc(C(=O)OCC(=O)NC(C)c2ccc3c(c2)CCCC3)c1. The molecule has 0 fully saturated rings. The van der Waals surface area contributed by atoms with Crippen LogP contribution in [0.1, 0.15) is 58.4 Å². The van der Waals surface area contributed by atoms with Crippen LogP contribution in [0.15, 0.2) is 42.5 Å². The molecule has 0 aromatic heterocycles. The maximum absolute atomic E-state index is 12.2. The van der Waals surface area contributed by atoms with Crippen LogP contribution >= 0.6 is 0 Å². The van der Waals surface area contributed by atoms with Crippen molar-refractivity contribution in [3.05, 3.63) is 70.3 Å². The van der Waals surface area contributed by atoms with Crippen LogP contribution in [0.3, 0.4) is 0 Å². The monoisotopic (exact) mass is 381 g/mol. The van der Waals surface area contributed by atoms with Gasteiger partial charge in [-0.25, -0.2) is 4.79 Å². The number of aryl methyl sites for hydroxylation is 2. The number of fused-ring (bicyclic) bond motifs is 1. The molecular weight excluding hydrogens is 354 g/mol. The average molecular weight is 381 g/mol. The van der Waals surface area contributed by atoms with E-state index in [9.17, 15) is 9.59 Å². The molecule has 0 bridgehead atoms. The highest BCUT2D eigenvalue weighted by Crippen LogP contribution is 2.24. The molecule has 2 aromatic carbocycles. The van der Waals surface area contributed by atoms with E-state index in [2.05, 4.69) is 23.5 Å². The van der Waals surface area contributed by atoms with Crippen LogP contribution in [0, 0.1) is 0 Å². The summed E-state index contributed by atoms with van der Waals surface area (Å²) in [6.07, 6.45) is 4.71. The first-order valence-electron chi connectivity index (χ1n) is 9.73. The zero-order valence-corrected chi connectivity index (χ0v) is 16.5. The highest BCUT2D eigenvalue weighted by atomic mass is 16.5. The van der Waals surface area contributed by atoms with Gasteiger partial charge < -0.3 is 14.8 Å². The van der Waals surface area contributed by atoms with Gasteiger partial charge >= 0.3 is 5.97 Å². The Kier molecular flexibility index (Phi) is 6.82. The molecule has 5 heteroatoms. The molecule has 1 aliphatic carbocycles. The summed E-state index contributed by atoms with van der Waals surface area (Å²) in [6.45, 7) is 2.06. The number of ether oxygens (including phenoxy) is 2. The number of nitrogens with one attached hydrogen (secondary N) is 1. The first-order chi connectivity index (χ1) is 13.6. The first-order valence-corrected chi connectivity index (χ1v) is 9.73. The molecule has 1 amide bonds. The van der Waals surface area contributed by atoms with Crippen LogP contribution in [0.4, 0.5) is 0 Å². The molecule has 2 aromatic rings. The largest absolute Gasteiger partial charge is 0.452 e. The predicted molar refractivity (Wildman–Crippen MR) is 107 cm³/mol. The van der Waals surface area contributed by atoms with Crippen molar-refractivity contribution in [2.75, 3.05) is 13.7 Å². The average Bonchev–Trinajstić information content (AvgIpc) is 2.72. The first kappa shape index (κ1) is 20.1. The van der Waals surface area contributed by atoms with Gasteiger partial charge in [-0.2, -0.15) is 0 Å². The van der Waals surface area contributed by atoms with Gasteiger partial charge in [0.05, 0.1) is 18.2 Å². The van der Waals surface area contributed by atoms with Gasteiger partial charge in [0.2, 0.25) is 0 Å². The van der Waals surface area contributed by atoms with Crippen molar-refractivity contribution < 1.29 is 19.1 Å². The standard InChI is InChI=1S/C23H27NO4/c1-16(19-11-10-18-7-3-4-8-20(18)13-19)24-22(25)15-28-23(26)21-9-5-6-17(12-21)14-27-2/h5-6,9-13,16H,3-4,7-8,14-15H2,1-2H3,(H,24,25). The van der Waals surface area contributed by atoms with E-state index >= 15 is 0 Å². The van der Waals surface area contributed by atoms with Crippen molar-refractivity contribution in [3.8, 4) is 0 Å². The van der Waals surface area contributed by atoms with E-state index in [0.29, 0.717) is 12.2 Å². The zero-order valence-electron chi connectivity index (χ0n) is 16.5. The maximum Gasteiger partial charge on any atom is 0.338 e. The van der Waals surface area contributed by atoms with Crippen LogP contribution in [-0.4, -0.2) is 25.6 Å². The van der Waals surface area contributed by atoms with Gasteiger partial charge in [-0.3, -0.25) is 4.79 Å². The highest BCUT2D eigenvalue weighted by Gasteiger charge is 2.16. The number of rotatable bonds is 7. The Balaban J connectivity index is 1.52. The quantitative estimate of drug-likeness (QED) is 0.742. The molecule has 1 aliphatic rings. The molecule has 1 atom stereocenters. The molecule has 5 nitrogen and oxygen atoms in total. The van der Waals surface area contributed by atoms with E-state index in [1.165, 1.54) is 24.0 Å². The topological polar surface area (TPSA) is 64.6 Å². The van der Waals surface area contributed by atoms with Gasteiger partial charge in [-0.15, -0.1) is 0 Å². The molecule has 0 radical (unpaired) electrons. The van der Waals surface area contributed by atoms with E-state index in [1.807, 2.05) is 13.0 Å². The molecule has 3 rings (SSSR count). The van der Waals surface area contributed by atoms with Gasteiger partial charge in [-0.05, 0) is 67.0 Å². The van der Waals surface area contributed by atoms with E-state index in [-0.39, 0.29) is 18.6 Å². The molecule has 1 N–H and O–H groups in total. The van der Waals surface area contributed by atoms with Crippen molar-refractivity contribution in [1.82, 2.24) is 5.32 Å². The summed E-state index contributed by atoms with van der Waals surface area (Å²) in [5.41, 5.74) is 5.16. The fourth-order valence-corrected chi connectivity index (χ4v) is 3.56. The second-order valence-corrected chi connectivity index (χ2v) is 7.23. The van der Waals surface area contributed by atoms with Crippen LogP contribution in [0.2, 0.25) is 0 Å². The van der Waals surface area contributed by atoms with Crippen LogP contribution in [-0.2, 0) is 33.7 Å². The Morgan fingerprint density at radius 3 is 2.64 bits per heavy atom. The molecule has 0 saturated carbocycles. The Labute approximate surface area is 166 Å². The molecule has 1 unspecified atom stereocenters. The Morgan fingerprint density at radius 2 is 1.86 bits per heavy atom. The number of hydrogen-bond donors (Lipinski definition) is 1. The fraction of sp³-hybridized carbons (Fsp3) is 0.391. The third-order valence-electron chi connectivity index (χ3n) is 5.06. The van der Waals surface area contributed by atoms with Crippen molar-refractivity contribution in [2.45, 2.75) is 45.3 Å². The number of hydrogen-bond acceptors (Lipinski definition) is 4. The highest BCUT2D eigenvalue weighted by molar-refractivity contribution is 5.91. The van der Waals surface area contributed by atoms with E-state index in [1.54, 1.807) is 25.3 Å². The molecule has 0 spiro atoms. The third kappa shape index (κ3) is 5.20. The summed E-state index contributed by atoms with van der Waals surface area (Å²) in [5.74, 6) is -0.832. The van der Waals surface area contributed by atoms with Crippen LogP contribution < -0.4 is 5.32 Å². The summed E-state index contributed by atoms with van der Waals surface area (Å²) in [6, 6.07) is 13.3. The fourth-order valence-electron chi connectivity index (χ4n) is 3.56. The molecule has 0 aliphatic heterocycles. The predicted octanol–water partition coefficient (Wildman–Crippen LogP) is 3.75. The lowest BCUT2D eigenvalue weighted by Crippen LogP contribution is -2.31. The minimum Gasteiger partial charge on any atom is -0.452 e. The lowest BCUT2D eigenvalue weighted by Gasteiger charge is -2.20. The summed E-state index contributed by atoms with van der Waals surface area (Å²) in [5, 5.41) is 2.91. The van der Waals surface area contributed by atoms with Crippen molar-refractivity contribution >= 4 is 11.9 Å². The Hall–Kier alpha value is -2.66. The molecule has 148 valence electrons.